The van der Waals surface area contributed by atoms with Gasteiger partial charge in [-0.2, -0.15) is 0 Å². The fourth-order valence-electron chi connectivity index (χ4n) is 1.89. The van der Waals surface area contributed by atoms with Gasteiger partial charge < -0.3 is 9.30 Å². The van der Waals surface area contributed by atoms with Crippen LogP contribution in [0.1, 0.15) is 6.92 Å². The third-order valence-corrected chi connectivity index (χ3v) is 4.18. The van der Waals surface area contributed by atoms with Crippen molar-refractivity contribution >= 4 is 40.5 Å². The van der Waals surface area contributed by atoms with Gasteiger partial charge in [-0.25, -0.2) is 9.78 Å². The molecule has 0 atom stereocenters. The van der Waals surface area contributed by atoms with E-state index in [0.717, 1.165) is 11.8 Å². The summed E-state index contributed by atoms with van der Waals surface area (Å²) in [7, 11) is 2.80. The summed E-state index contributed by atoms with van der Waals surface area (Å²) in [5, 5.41) is 0.975. The molecule has 0 radical (unpaired) electrons. The molecular formula is C13H15ClN4O4S. The van der Waals surface area contributed by atoms with E-state index < -0.39 is 17.2 Å². The van der Waals surface area contributed by atoms with E-state index >= 15 is 0 Å². The maximum Gasteiger partial charge on any atom is 0.329 e. The molecule has 1 N–H and O–H groups in total. The molecule has 2 rings (SSSR count). The second kappa shape index (κ2) is 7.05. The molecule has 0 bridgehead atoms. The first-order valence-electron chi connectivity index (χ1n) is 6.56. The predicted molar refractivity (Wildman–Crippen MR) is 87.9 cm³/mol. The molecule has 10 heteroatoms. The third kappa shape index (κ3) is 3.67. The number of aromatic amines is 1. The first kappa shape index (κ1) is 17.4. The second-order valence-corrected chi connectivity index (χ2v) is 6.19. The van der Waals surface area contributed by atoms with E-state index in [1.807, 2.05) is 0 Å². The Morgan fingerprint density at radius 1 is 1.48 bits per heavy atom. The Bertz CT molecular complexity index is 892. The van der Waals surface area contributed by atoms with Crippen LogP contribution in [-0.2, 0) is 23.1 Å². The molecule has 0 aliphatic heterocycles. The van der Waals surface area contributed by atoms with Gasteiger partial charge >= 0.3 is 11.7 Å². The molecule has 0 aliphatic rings. The van der Waals surface area contributed by atoms with Crippen molar-refractivity contribution in [2.24, 2.45) is 7.05 Å². The minimum Gasteiger partial charge on any atom is -0.468 e. The van der Waals surface area contributed by atoms with Crippen LogP contribution in [0.15, 0.2) is 25.9 Å². The van der Waals surface area contributed by atoms with Crippen molar-refractivity contribution < 1.29 is 9.53 Å². The first-order chi connectivity index (χ1) is 10.8. The number of nitrogens with zero attached hydrogens (tertiary/aromatic N) is 3. The highest BCUT2D eigenvalue weighted by Crippen LogP contribution is 2.22. The van der Waals surface area contributed by atoms with Crippen LogP contribution < -0.4 is 11.2 Å². The molecule has 0 saturated carbocycles. The number of halogens is 1. The molecule has 2 aromatic heterocycles. The van der Waals surface area contributed by atoms with Gasteiger partial charge in [0.15, 0.2) is 16.3 Å². The van der Waals surface area contributed by atoms with E-state index in [4.69, 9.17) is 11.6 Å². The fourth-order valence-corrected chi connectivity index (χ4v) is 2.80. The van der Waals surface area contributed by atoms with Gasteiger partial charge in [0.1, 0.15) is 0 Å². The molecule has 0 saturated heterocycles. The number of rotatable bonds is 5. The standard InChI is InChI=1S/C13H15ClN4O4S/c1-7(14)4-5-18-9-10(17(2)12(21)16-11(9)20)15-13(18)23-6-8(19)22-3/h4H,5-6H2,1-3H3,(H,16,20,21). The van der Waals surface area contributed by atoms with Crippen LogP contribution in [-0.4, -0.2) is 37.9 Å². The zero-order valence-electron chi connectivity index (χ0n) is 12.8. The number of H-pyrrole nitrogens is 1. The summed E-state index contributed by atoms with van der Waals surface area (Å²) >= 11 is 6.97. The van der Waals surface area contributed by atoms with E-state index in [2.05, 4.69) is 14.7 Å². The van der Waals surface area contributed by atoms with Gasteiger partial charge in [0.05, 0.1) is 12.9 Å². The predicted octanol–water partition coefficient (Wildman–Crippen LogP) is 0.831. The van der Waals surface area contributed by atoms with Gasteiger partial charge in [0.25, 0.3) is 5.56 Å². The average Bonchev–Trinajstić information content (AvgIpc) is 2.87. The van der Waals surface area contributed by atoms with E-state index in [0.29, 0.717) is 10.2 Å². The van der Waals surface area contributed by atoms with Gasteiger partial charge in [-0.05, 0) is 6.92 Å². The van der Waals surface area contributed by atoms with Crippen LogP contribution in [0.5, 0.6) is 0 Å². The molecule has 124 valence electrons. The number of aromatic nitrogens is 4. The van der Waals surface area contributed by atoms with E-state index in [-0.39, 0.29) is 23.5 Å². The van der Waals surface area contributed by atoms with Gasteiger partial charge in [0, 0.05) is 18.6 Å². The molecule has 0 unspecified atom stereocenters. The summed E-state index contributed by atoms with van der Waals surface area (Å²) in [5.41, 5.74) is -0.609. The summed E-state index contributed by atoms with van der Waals surface area (Å²) in [6, 6.07) is 0. The molecule has 0 fully saturated rings. The molecule has 0 amide bonds. The Labute approximate surface area is 140 Å². The molecule has 0 spiro atoms. The minimum atomic E-state index is -0.555. The van der Waals surface area contributed by atoms with Crippen LogP contribution in [0, 0.1) is 0 Å². The number of allylic oxidation sites excluding steroid dienone is 2. The highest BCUT2D eigenvalue weighted by molar-refractivity contribution is 7.99. The smallest absolute Gasteiger partial charge is 0.329 e. The normalized spacial score (nSPS) is 11.9. The Balaban J connectivity index is 2.62. The number of methoxy groups -OCH3 is 1. The Morgan fingerprint density at radius 2 is 2.17 bits per heavy atom. The number of fused-ring (bicyclic) bond motifs is 1. The molecule has 8 nitrogen and oxygen atoms in total. The average molecular weight is 359 g/mol. The Morgan fingerprint density at radius 3 is 2.78 bits per heavy atom. The van der Waals surface area contributed by atoms with E-state index in [1.54, 1.807) is 17.6 Å². The van der Waals surface area contributed by atoms with Crippen molar-refractivity contribution in [3.05, 3.63) is 31.9 Å². The SMILES string of the molecule is COC(=O)CSc1nc2c(c(=O)[nH]c(=O)n2C)n1CC=C(C)Cl. The number of imidazole rings is 1. The number of carbonyl (C=O) groups excluding carboxylic acids is 1. The lowest BCUT2D eigenvalue weighted by molar-refractivity contribution is -0.137. The molecule has 2 aromatic rings. The van der Waals surface area contributed by atoms with E-state index in [1.165, 1.54) is 18.7 Å². The fraction of sp³-hybridized carbons (Fsp3) is 0.385. The summed E-state index contributed by atoms with van der Waals surface area (Å²) in [5.74, 6) is -0.379. The lowest BCUT2D eigenvalue weighted by Gasteiger charge is -2.05. The summed E-state index contributed by atoms with van der Waals surface area (Å²) in [6.45, 7) is 2.00. The first-order valence-corrected chi connectivity index (χ1v) is 7.93. The number of carbonyl (C=O) groups is 1. The number of nitrogens with one attached hydrogen (secondary N) is 1. The topological polar surface area (TPSA) is 99.0 Å². The number of hydrogen-bond acceptors (Lipinski definition) is 6. The highest BCUT2D eigenvalue weighted by Gasteiger charge is 2.18. The van der Waals surface area contributed by atoms with Crippen LogP contribution in [0.25, 0.3) is 11.2 Å². The van der Waals surface area contributed by atoms with Crippen LogP contribution in [0.3, 0.4) is 0 Å². The summed E-state index contributed by atoms with van der Waals surface area (Å²) < 4.78 is 7.44. The lowest BCUT2D eigenvalue weighted by Crippen LogP contribution is -2.29. The third-order valence-electron chi connectivity index (χ3n) is 3.07. The number of esters is 1. The Hall–Kier alpha value is -2.00. The van der Waals surface area contributed by atoms with Crippen molar-refractivity contribution in [2.45, 2.75) is 18.6 Å². The molecule has 2 heterocycles. The highest BCUT2D eigenvalue weighted by atomic mass is 35.5. The monoisotopic (exact) mass is 358 g/mol. The number of hydrogen-bond donors (Lipinski definition) is 1. The van der Waals surface area contributed by atoms with Gasteiger partial charge in [-0.3, -0.25) is 19.1 Å². The minimum absolute atomic E-state index is 0.0369. The van der Waals surface area contributed by atoms with Crippen molar-refractivity contribution in [1.82, 2.24) is 19.1 Å². The maximum atomic E-state index is 12.1. The number of thioether (sulfide) groups is 1. The largest absolute Gasteiger partial charge is 0.468 e. The molecular weight excluding hydrogens is 344 g/mol. The molecule has 0 aliphatic carbocycles. The quantitative estimate of drug-likeness (QED) is 0.628. The van der Waals surface area contributed by atoms with Gasteiger partial charge in [-0.15, -0.1) is 0 Å². The number of aryl methyl sites for hydroxylation is 1. The number of ether oxygens (including phenoxy) is 1. The maximum absolute atomic E-state index is 12.1. The molecule has 0 aromatic carbocycles. The van der Waals surface area contributed by atoms with Gasteiger partial charge in [-0.1, -0.05) is 29.4 Å². The van der Waals surface area contributed by atoms with Crippen LogP contribution in [0.4, 0.5) is 0 Å². The van der Waals surface area contributed by atoms with Crippen LogP contribution >= 0.6 is 23.4 Å². The van der Waals surface area contributed by atoms with Crippen LogP contribution in [0.2, 0.25) is 0 Å². The van der Waals surface area contributed by atoms with Crippen molar-refractivity contribution in [1.29, 1.82) is 0 Å². The Kier molecular flexibility index (Phi) is 5.32. The van der Waals surface area contributed by atoms with Crippen molar-refractivity contribution in [3.8, 4) is 0 Å². The zero-order valence-corrected chi connectivity index (χ0v) is 14.3. The summed E-state index contributed by atoms with van der Waals surface area (Å²) in [6.07, 6.45) is 1.70. The zero-order chi connectivity index (χ0) is 17.1. The van der Waals surface area contributed by atoms with Crippen molar-refractivity contribution in [2.75, 3.05) is 12.9 Å². The molecule has 23 heavy (non-hydrogen) atoms. The second-order valence-electron chi connectivity index (χ2n) is 4.65. The summed E-state index contributed by atoms with van der Waals surface area (Å²) in [4.78, 5) is 41.7. The lowest BCUT2D eigenvalue weighted by atomic mass is 10.4. The van der Waals surface area contributed by atoms with Gasteiger partial charge in [0.2, 0.25) is 0 Å². The van der Waals surface area contributed by atoms with Crippen molar-refractivity contribution in [3.63, 3.8) is 0 Å². The van der Waals surface area contributed by atoms with E-state index in [9.17, 15) is 14.4 Å².